The Morgan fingerprint density at radius 2 is 1.71 bits per heavy atom. The number of ether oxygens (including phenoxy) is 1. The summed E-state index contributed by atoms with van der Waals surface area (Å²) in [6.45, 7) is 0. The third-order valence-electron chi connectivity index (χ3n) is 4.67. The maximum absolute atomic E-state index is 13.0. The van der Waals surface area contributed by atoms with Gasteiger partial charge in [-0.1, -0.05) is 65.4 Å². The second-order valence-corrected chi connectivity index (χ2v) is 10.8. The summed E-state index contributed by atoms with van der Waals surface area (Å²) in [5.74, 6) is -0.402. The first-order valence-electron chi connectivity index (χ1n) is 9.82. The number of hydrogen-bond donors (Lipinski definition) is 0. The number of para-hydroxylation sites is 1. The standard InChI is InChI=1S/C23H14ClN3O4S3/c24-20-19(14-17-22(28)31-21(25-17)18-12-7-13-32-18)33-23(27(20)15-8-3-1-4-9-15)26-34(29,30)16-10-5-2-6-11-16/h1-14H. The van der Waals surface area contributed by atoms with Gasteiger partial charge in [-0.2, -0.15) is 8.42 Å². The highest BCUT2D eigenvalue weighted by atomic mass is 35.5. The fraction of sp³-hybridized carbons (Fsp3) is 0. The minimum Gasteiger partial charge on any atom is -0.401 e. The van der Waals surface area contributed by atoms with E-state index in [-0.39, 0.29) is 26.4 Å². The number of sulfonamides is 1. The molecule has 0 aliphatic carbocycles. The Balaban J connectivity index is 1.67. The normalized spacial score (nSPS) is 15.6. The molecule has 34 heavy (non-hydrogen) atoms. The summed E-state index contributed by atoms with van der Waals surface area (Å²) < 4.78 is 36.8. The molecule has 0 unspecified atom stereocenters. The van der Waals surface area contributed by atoms with Gasteiger partial charge in [0.15, 0.2) is 5.70 Å². The molecule has 1 aliphatic rings. The molecule has 0 spiro atoms. The van der Waals surface area contributed by atoms with E-state index in [1.54, 1.807) is 48.5 Å². The first-order valence-corrected chi connectivity index (χ1v) is 13.3. The number of aliphatic imine (C=N–C) groups is 1. The van der Waals surface area contributed by atoms with Crippen molar-refractivity contribution in [2.45, 2.75) is 4.90 Å². The Hall–Kier alpha value is -3.31. The van der Waals surface area contributed by atoms with Crippen LogP contribution in [0.5, 0.6) is 0 Å². The number of hydrogen-bond acceptors (Lipinski definition) is 7. The van der Waals surface area contributed by atoms with Gasteiger partial charge in [0.05, 0.1) is 14.6 Å². The highest BCUT2D eigenvalue weighted by Crippen LogP contribution is 2.28. The first-order chi connectivity index (χ1) is 16.4. The molecule has 7 nitrogen and oxygen atoms in total. The number of carbonyl (C=O) groups is 1. The summed E-state index contributed by atoms with van der Waals surface area (Å²) in [5, 5.41) is 2.05. The van der Waals surface area contributed by atoms with Crippen molar-refractivity contribution in [3.05, 3.63) is 104 Å². The molecule has 0 amide bonds. The van der Waals surface area contributed by atoms with E-state index in [1.165, 1.54) is 34.1 Å². The number of halogens is 1. The van der Waals surface area contributed by atoms with Crippen molar-refractivity contribution < 1.29 is 17.9 Å². The van der Waals surface area contributed by atoms with Crippen LogP contribution in [0, 0.1) is 0 Å². The number of thiophene rings is 1. The molecule has 5 rings (SSSR count). The lowest BCUT2D eigenvalue weighted by atomic mass is 10.3. The maximum atomic E-state index is 13.0. The number of thiazole rings is 1. The molecule has 0 saturated heterocycles. The Kier molecular flexibility index (Phi) is 6.05. The molecular weight excluding hydrogens is 514 g/mol. The minimum absolute atomic E-state index is 0.0589. The van der Waals surface area contributed by atoms with E-state index >= 15 is 0 Å². The molecule has 1 aliphatic heterocycles. The van der Waals surface area contributed by atoms with Crippen LogP contribution < -0.4 is 4.80 Å². The number of carbonyl (C=O) groups excluding carboxylic acids is 1. The van der Waals surface area contributed by atoms with E-state index in [2.05, 4.69) is 9.39 Å². The van der Waals surface area contributed by atoms with Crippen LogP contribution in [0.4, 0.5) is 0 Å². The monoisotopic (exact) mass is 527 g/mol. The number of aromatic nitrogens is 1. The average molecular weight is 528 g/mol. The summed E-state index contributed by atoms with van der Waals surface area (Å²) in [7, 11) is -4.01. The van der Waals surface area contributed by atoms with Crippen molar-refractivity contribution >= 4 is 62.2 Å². The largest absolute Gasteiger partial charge is 0.401 e. The van der Waals surface area contributed by atoms with Crippen molar-refractivity contribution in [1.82, 2.24) is 4.57 Å². The van der Waals surface area contributed by atoms with Crippen LogP contribution in [0.25, 0.3) is 11.8 Å². The van der Waals surface area contributed by atoms with Gasteiger partial charge >= 0.3 is 5.97 Å². The number of benzene rings is 2. The van der Waals surface area contributed by atoms with Crippen molar-refractivity contribution in [2.24, 2.45) is 9.39 Å². The summed E-state index contributed by atoms with van der Waals surface area (Å²) in [6.07, 6.45) is 1.48. The van der Waals surface area contributed by atoms with E-state index in [4.69, 9.17) is 16.3 Å². The van der Waals surface area contributed by atoms with Crippen LogP contribution in [0.15, 0.2) is 98.2 Å². The molecule has 4 aromatic rings. The number of rotatable bonds is 5. The van der Waals surface area contributed by atoms with E-state index in [0.717, 1.165) is 16.2 Å². The Bertz CT molecular complexity index is 1600. The van der Waals surface area contributed by atoms with Gasteiger partial charge in [0.2, 0.25) is 10.7 Å². The van der Waals surface area contributed by atoms with Crippen molar-refractivity contribution in [3.63, 3.8) is 0 Å². The first kappa shape index (κ1) is 22.5. The van der Waals surface area contributed by atoms with Gasteiger partial charge in [-0.05, 0) is 41.8 Å². The molecular formula is C23H14ClN3O4S3. The highest BCUT2D eigenvalue weighted by Gasteiger charge is 2.26. The molecule has 0 saturated carbocycles. The van der Waals surface area contributed by atoms with Crippen LogP contribution in [0.2, 0.25) is 5.15 Å². The molecule has 11 heteroatoms. The number of nitrogens with zero attached hydrogens (tertiary/aromatic N) is 3. The maximum Gasteiger partial charge on any atom is 0.363 e. The van der Waals surface area contributed by atoms with Gasteiger partial charge in [-0.15, -0.1) is 15.7 Å². The number of cyclic esters (lactones) is 1. The molecule has 2 aromatic carbocycles. The van der Waals surface area contributed by atoms with E-state index in [9.17, 15) is 13.2 Å². The zero-order valence-corrected chi connectivity index (χ0v) is 20.4. The van der Waals surface area contributed by atoms with Crippen LogP contribution in [-0.2, 0) is 19.6 Å². The molecule has 170 valence electrons. The predicted molar refractivity (Wildman–Crippen MR) is 133 cm³/mol. The molecule has 0 atom stereocenters. The zero-order chi connectivity index (χ0) is 23.7. The molecule has 2 aromatic heterocycles. The predicted octanol–water partition coefficient (Wildman–Crippen LogP) is 4.89. The molecule has 0 bridgehead atoms. The second kappa shape index (κ2) is 9.15. The zero-order valence-electron chi connectivity index (χ0n) is 17.2. The third kappa shape index (κ3) is 4.40. The van der Waals surface area contributed by atoms with Gasteiger partial charge in [0.1, 0.15) is 5.15 Å². The second-order valence-electron chi connectivity index (χ2n) is 6.90. The fourth-order valence-corrected chi connectivity index (χ4v) is 6.33. The van der Waals surface area contributed by atoms with E-state index in [1.807, 2.05) is 17.5 Å². The fourth-order valence-electron chi connectivity index (χ4n) is 3.12. The lowest BCUT2D eigenvalue weighted by Crippen LogP contribution is -2.15. The van der Waals surface area contributed by atoms with Crippen LogP contribution >= 0.6 is 34.3 Å². The Labute approximate surface area is 207 Å². The summed E-state index contributed by atoms with van der Waals surface area (Å²) in [4.78, 5) is 18.0. The Morgan fingerprint density at radius 1 is 1.00 bits per heavy atom. The minimum atomic E-state index is -4.01. The lowest BCUT2D eigenvalue weighted by molar-refractivity contribution is -0.129. The van der Waals surface area contributed by atoms with Crippen LogP contribution in [-0.4, -0.2) is 24.9 Å². The van der Waals surface area contributed by atoms with Crippen molar-refractivity contribution in [3.8, 4) is 5.69 Å². The summed E-state index contributed by atoms with van der Waals surface area (Å²) in [6, 6.07) is 20.5. The van der Waals surface area contributed by atoms with Gasteiger partial charge in [-0.25, -0.2) is 9.79 Å². The lowest BCUT2D eigenvalue weighted by Gasteiger charge is -2.05. The van der Waals surface area contributed by atoms with Gasteiger partial charge in [0, 0.05) is 5.69 Å². The molecule has 3 heterocycles. The smallest absolute Gasteiger partial charge is 0.363 e. The molecule has 0 N–H and O–H groups in total. The summed E-state index contributed by atoms with van der Waals surface area (Å²) >= 11 is 9.10. The van der Waals surface area contributed by atoms with Gasteiger partial charge in [0.25, 0.3) is 10.0 Å². The third-order valence-corrected chi connectivity index (χ3v) is 8.39. The highest BCUT2D eigenvalue weighted by molar-refractivity contribution is 7.90. The van der Waals surface area contributed by atoms with Gasteiger partial charge < -0.3 is 4.74 Å². The van der Waals surface area contributed by atoms with E-state index in [0.29, 0.717) is 10.6 Å². The van der Waals surface area contributed by atoms with Gasteiger partial charge in [-0.3, -0.25) is 4.57 Å². The SMILES string of the molecule is O=C1OC(c2cccs2)=NC1=Cc1sc(=NS(=O)(=O)c2ccccc2)n(-c2ccccc2)c1Cl. The molecule has 0 fully saturated rings. The van der Waals surface area contributed by atoms with Crippen LogP contribution in [0.1, 0.15) is 9.75 Å². The number of esters is 1. The molecule has 0 radical (unpaired) electrons. The Morgan fingerprint density at radius 3 is 2.38 bits per heavy atom. The topological polar surface area (TPSA) is 90.1 Å². The quantitative estimate of drug-likeness (QED) is 0.273. The van der Waals surface area contributed by atoms with Crippen molar-refractivity contribution in [2.75, 3.05) is 0 Å². The summed E-state index contributed by atoms with van der Waals surface area (Å²) in [5.41, 5.74) is 0.677. The van der Waals surface area contributed by atoms with Crippen LogP contribution in [0.3, 0.4) is 0 Å². The van der Waals surface area contributed by atoms with Crippen molar-refractivity contribution in [1.29, 1.82) is 0 Å². The average Bonchev–Trinajstić information content (AvgIpc) is 3.56. The van der Waals surface area contributed by atoms with E-state index < -0.39 is 16.0 Å².